The zero-order chi connectivity index (χ0) is 10.6. The van der Waals surface area contributed by atoms with Crippen LogP contribution in [-0.2, 0) is 0 Å². The van der Waals surface area contributed by atoms with E-state index >= 15 is 0 Å². The number of aliphatic hydroxyl groups is 1. The van der Waals surface area contributed by atoms with Crippen molar-refractivity contribution in [2.24, 2.45) is 0 Å². The molecule has 0 spiro atoms. The third-order valence-corrected chi connectivity index (χ3v) is 2.44. The summed E-state index contributed by atoms with van der Waals surface area (Å²) < 4.78 is 5.03. The molecular formula is C10H14ClNO2. The molecule has 0 aliphatic heterocycles. The lowest BCUT2D eigenvalue weighted by molar-refractivity contribution is 0.251. The van der Waals surface area contributed by atoms with E-state index in [-0.39, 0.29) is 12.6 Å². The standard InChI is InChI=1S/C10H14ClNO2/c1-12-10(6-13)8-4-3-7(14-2)5-9(8)11/h3-5,10,12-13H,6H2,1-2H3/t10-/m0/s1. The van der Waals surface area contributed by atoms with Gasteiger partial charge in [-0.25, -0.2) is 0 Å². The second-order valence-electron chi connectivity index (χ2n) is 2.91. The second kappa shape index (κ2) is 5.20. The minimum absolute atomic E-state index is 0.0164. The maximum atomic E-state index is 9.08. The molecule has 0 aliphatic carbocycles. The SMILES string of the molecule is CN[C@@H](CO)c1ccc(OC)cc1Cl. The number of ether oxygens (including phenoxy) is 1. The van der Waals surface area contributed by atoms with Gasteiger partial charge in [0.25, 0.3) is 0 Å². The predicted octanol–water partition coefficient (Wildman–Crippen LogP) is 1.60. The van der Waals surface area contributed by atoms with Crippen LogP contribution in [0.2, 0.25) is 5.02 Å². The van der Waals surface area contributed by atoms with Crippen molar-refractivity contribution in [3.8, 4) is 5.75 Å². The number of methoxy groups -OCH3 is 1. The van der Waals surface area contributed by atoms with Crippen LogP contribution in [0.4, 0.5) is 0 Å². The van der Waals surface area contributed by atoms with Crippen molar-refractivity contribution in [1.82, 2.24) is 5.32 Å². The Morgan fingerprint density at radius 1 is 1.57 bits per heavy atom. The predicted molar refractivity (Wildman–Crippen MR) is 56.9 cm³/mol. The first-order valence-electron chi connectivity index (χ1n) is 4.34. The summed E-state index contributed by atoms with van der Waals surface area (Å²) in [4.78, 5) is 0. The highest BCUT2D eigenvalue weighted by molar-refractivity contribution is 6.31. The average molecular weight is 216 g/mol. The zero-order valence-electron chi connectivity index (χ0n) is 8.25. The van der Waals surface area contributed by atoms with Crippen molar-refractivity contribution in [2.45, 2.75) is 6.04 Å². The molecule has 0 heterocycles. The molecule has 1 aromatic carbocycles. The van der Waals surface area contributed by atoms with E-state index in [2.05, 4.69) is 5.32 Å². The Morgan fingerprint density at radius 2 is 2.29 bits per heavy atom. The van der Waals surface area contributed by atoms with E-state index in [1.807, 2.05) is 12.1 Å². The summed E-state index contributed by atoms with van der Waals surface area (Å²) in [5.41, 5.74) is 0.873. The van der Waals surface area contributed by atoms with Gasteiger partial charge in [-0.3, -0.25) is 0 Å². The number of halogens is 1. The molecule has 0 saturated heterocycles. The van der Waals surface area contributed by atoms with Crippen molar-refractivity contribution in [3.63, 3.8) is 0 Å². The summed E-state index contributed by atoms with van der Waals surface area (Å²) in [6, 6.07) is 5.27. The first-order valence-corrected chi connectivity index (χ1v) is 4.72. The number of hydrogen-bond acceptors (Lipinski definition) is 3. The van der Waals surface area contributed by atoms with Gasteiger partial charge in [-0.15, -0.1) is 0 Å². The molecule has 0 amide bonds. The molecule has 14 heavy (non-hydrogen) atoms. The maximum absolute atomic E-state index is 9.08. The normalized spacial score (nSPS) is 12.6. The molecule has 0 aromatic heterocycles. The topological polar surface area (TPSA) is 41.5 Å². The van der Waals surface area contributed by atoms with E-state index in [1.54, 1.807) is 20.2 Å². The number of likely N-dealkylation sites (N-methyl/N-ethyl adjacent to an activating group) is 1. The summed E-state index contributed by atoms with van der Waals surface area (Å²) in [7, 11) is 3.37. The van der Waals surface area contributed by atoms with E-state index in [0.717, 1.165) is 5.56 Å². The quantitative estimate of drug-likeness (QED) is 0.802. The Hall–Kier alpha value is -0.770. The lowest BCUT2D eigenvalue weighted by Gasteiger charge is -2.15. The fourth-order valence-corrected chi connectivity index (χ4v) is 1.56. The molecule has 0 bridgehead atoms. The van der Waals surface area contributed by atoms with E-state index in [9.17, 15) is 0 Å². The number of hydrogen-bond donors (Lipinski definition) is 2. The smallest absolute Gasteiger partial charge is 0.120 e. The molecular weight excluding hydrogens is 202 g/mol. The van der Waals surface area contributed by atoms with Gasteiger partial charge in [-0.2, -0.15) is 0 Å². The lowest BCUT2D eigenvalue weighted by atomic mass is 10.1. The summed E-state index contributed by atoms with van der Waals surface area (Å²) in [5, 5.41) is 12.6. The van der Waals surface area contributed by atoms with Crippen molar-refractivity contribution in [3.05, 3.63) is 28.8 Å². The van der Waals surface area contributed by atoms with Gasteiger partial charge in [0.05, 0.1) is 19.8 Å². The molecule has 1 aromatic rings. The van der Waals surface area contributed by atoms with Crippen LogP contribution < -0.4 is 10.1 Å². The highest BCUT2D eigenvalue weighted by atomic mass is 35.5. The lowest BCUT2D eigenvalue weighted by Crippen LogP contribution is -2.20. The highest BCUT2D eigenvalue weighted by Crippen LogP contribution is 2.26. The van der Waals surface area contributed by atoms with Crippen molar-refractivity contribution in [2.75, 3.05) is 20.8 Å². The summed E-state index contributed by atoms with van der Waals surface area (Å²) in [6.45, 7) is 0.0164. The van der Waals surface area contributed by atoms with Crippen LogP contribution in [0.3, 0.4) is 0 Å². The van der Waals surface area contributed by atoms with Gasteiger partial charge < -0.3 is 15.2 Å². The van der Waals surface area contributed by atoms with Crippen molar-refractivity contribution in [1.29, 1.82) is 0 Å². The molecule has 1 atom stereocenters. The fraction of sp³-hybridized carbons (Fsp3) is 0.400. The Bertz CT molecular complexity index is 300. The van der Waals surface area contributed by atoms with Gasteiger partial charge in [0.15, 0.2) is 0 Å². The van der Waals surface area contributed by atoms with Gasteiger partial charge in [0.2, 0.25) is 0 Å². The van der Waals surface area contributed by atoms with Crippen LogP contribution in [0.1, 0.15) is 11.6 Å². The molecule has 0 saturated carbocycles. The Balaban J connectivity index is 2.98. The van der Waals surface area contributed by atoms with Crippen LogP contribution in [0.15, 0.2) is 18.2 Å². The van der Waals surface area contributed by atoms with Crippen LogP contribution >= 0.6 is 11.6 Å². The van der Waals surface area contributed by atoms with Gasteiger partial charge in [-0.1, -0.05) is 17.7 Å². The molecule has 78 valence electrons. The largest absolute Gasteiger partial charge is 0.497 e. The monoisotopic (exact) mass is 215 g/mol. The summed E-state index contributed by atoms with van der Waals surface area (Å²) in [5.74, 6) is 0.714. The van der Waals surface area contributed by atoms with E-state index < -0.39 is 0 Å². The molecule has 0 unspecified atom stereocenters. The average Bonchev–Trinajstić information content (AvgIpc) is 2.22. The molecule has 4 heteroatoms. The first-order chi connectivity index (χ1) is 6.72. The van der Waals surface area contributed by atoms with Gasteiger partial charge in [0, 0.05) is 5.02 Å². The molecule has 0 aliphatic rings. The van der Waals surface area contributed by atoms with E-state index in [1.165, 1.54) is 0 Å². The Morgan fingerprint density at radius 3 is 2.71 bits per heavy atom. The molecule has 0 fully saturated rings. The van der Waals surface area contributed by atoms with Gasteiger partial charge >= 0.3 is 0 Å². The number of benzene rings is 1. The minimum atomic E-state index is -0.131. The first kappa shape index (κ1) is 11.3. The van der Waals surface area contributed by atoms with Crippen LogP contribution in [0.25, 0.3) is 0 Å². The molecule has 2 N–H and O–H groups in total. The Labute approximate surface area is 88.7 Å². The minimum Gasteiger partial charge on any atom is -0.497 e. The highest BCUT2D eigenvalue weighted by Gasteiger charge is 2.11. The zero-order valence-corrected chi connectivity index (χ0v) is 9.01. The van der Waals surface area contributed by atoms with E-state index in [4.69, 9.17) is 21.4 Å². The van der Waals surface area contributed by atoms with Crippen molar-refractivity contribution < 1.29 is 9.84 Å². The van der Waals surface area contributed by atoms with Crippen LogP contribution in [-0.4, -0.2) is 25.9 Å². The van der Waals surface area contributed by atoms with E-state index in [0.29, 0.717) is 10.8 Å². The molecule has 1 rings (SSSR count). The van der Waals surface area contributed by atoms with Crippen molar-refractivity contribution >= 4 is 11.6 Å². The number of rotatable bonds is 4. The number of aliphatic hydroxyl groups excluding tert-OH is 1. The second-order valence-corrected chi connectivity index (χ2v) is 3.32. The maximum Gasteiger partial charge on any atom is 0.120 e. The molecule has 3 nitrogen and oxygen atoms in total. The number of nitrogens with one attached hydrogen (secondary N) is 1. The van der Waals surface area contributed by atoms with Gasteiger partial charge in [0.1, 0.15) is 5.75 Å². The molecule has 0 radical (unpaired) electrons. The van der Waals surface area contributed by atoms with Gasteiger partial charge in [-0.05, 0) is 24.7 Å². The van der Waals surface area contributed by atoms with Crippen LogP contribution in [0.5, 0.6) is 5.75 Å². The third kappa shape index (κ3) is 2.38. The Kier molecular flexibility index (Phi) is 4.20. The summed E-state index contributed by atoms with van der Waals surface area (Å²) >= 11 is 6.03. The van der Waals surface area contributed by atoms with Crippen LogP contribution in [0, 0.1) is 0 Å². The fourth-order valence-electron chi connectivity index (χ4n) is 1.26. The summed E-state index contributed by atoms with van der Waals surface area (Å²) in [6.07, 6.45) is 0. The third-order valence-electron chi connectivity index (χ3n) is 2.11.